The van der Waals surface area contributed by atoms with E-state index in [1.165, 1.54) is 30.7 Å². The van der Waals surface area contributed by atoms with Gasteiger partial charge in [-0.1, -0.05) is 12.1 Å². The standard InChI is InChI=1S/C17H11FN6O/c18-12-3-1-2-11(8-12)14-10-21-16-5-4-15(23-24(14)16)22-17(25)13-9-19-6-7-20-13/h1-10H,(H,22,23,25). The van der Waals surface area contributed by atoms with E-state index in [-0.39, 0.29) is 11.5 Å². The summed E-state index contributed by atoms with van der Waals surface area (Å²) in [6, 6.07) is 9.49. The molecule has 3 heterocycles. The van der Waals surface area contributed by atoms with E-state index in [9.17, 15) is 9.18 Å². The van der Waals surface area contributed by atoms with E-state index in [1.54, 1.807) is 35.0 Å². The molecule has 4 aromatic rings. The minimum Gasteiger partial charge on any atom is -0.304 e. The number of benzene rings is 1. The average molecular weight is 334 g/mol. The second kappa shape index (κ2) is 6.08. The predicted octanol–water partition coefficient (Wildman–Crippen LogP) is 2.58. The first kappa shape index (κ1) is 14.9. The molecule has 0 aliphatic carbocycles. The molecule has 0 fully saturated rings. The van der Waals surface area contributed by atoms with E-state index in [2.05, 4.69) is 25.4 Å². The number of hydrogen-bond acceptors (Lipinski definition) is 5. The van der Waals surface area contributed by atoms with Crippen LogP contribution >= 0.6 is 0 Å². The van der Waals surface area contributed by atoms with Crippen molar-refractivity contribution in [3.05, 3.63) is 72.7 Å². The lowest BCUT2D eigenvalue weighted by Gasteiger charge is -2.06. The lowest BCUT2D eigenvalue weighted by molar-refractivity contribution is 0.102. The average Bonchev–Trinajstić information content (AvgIpc) is 3.06. The third-order valence-electron chi connectivity index (χ3n) is 3.52. The van der Waals surface area contributed by atoms with Gasteiger partial charge in [-0.25, -0.2) is 18.9 Å². The zero-order valence-corrected chi connectivity index (χ0v) is 12.8. The number of carbonyl (C=O) groups is 1. The van der Waals surface area contributed by atoms with E-state index in [0.717, 1.165) is 0 Å². The Bertz CT molecular complexity index is 1060. The van der Waals surface area contributed by atoms with E-state index >= 15 is 0 Å². The summed E-state index contributed by atoms with van der Waals surface area (Å²) in [6.07, 6.45) is 5.88. The number of aromatic nitrogens is 5. The van der Waals surface area contributed by atoms with Crippen LogP contribution in [0.25, 0.3) is 16.9 Å². The number of anilines is 1. The minimum absolute atomic E-state index is 0.181. The van der Waals surface area contributed by atoms with Gasteiger partial charge in [0.05, 0.1) is 18.1 Å². The van der Waals surface area contributed by atoms with Crippen molar-refractivity contribution in [2.75, 3.05) is 5.32 Å². The SMILES string of the molecule is O=C(Nc1ccc2ncc(-c3cccc(F)c3)n2n1)c1cnccn1. The molecule has 122 valence electrons. The first-order valence-electron chi connectivity index (χ1n) is 7.39. The highest BCUT2D eigenvalue weighted by atomic mass is 19.1. The van der Waals surface area contributed by atoms with Gasteiger partial charge in [-0.2, -0.15) is 0 Å². The van der Waals surface area contributed by atoms with E-state index in [4.69, 9.17) is 0 Å². The molecular formula is C17H11FN6O. The molecule has 0 saturated heterocycles. The van der Waals surface area contributed by atoms with Crippen LogP contribution in [0.5, 0.6) is 0 Å². The summed E-state index contributed by atoms with van der Waals surface area (Å²) in [7, 11) is 0. The van der Waals surface area contributed by atoms with Crippen molar-refractivity contribution in [3.63, 3.8) is 0 Å². The van der Waals surface area contributed by atoms with Gasteiger partial charge in [-0.15, -0.1) is 5.10 Å². The van der Waals surface area contributed by atoms with Crippen LogP contribution in [0.3, 0.4) is 0 Å². The van der Waals surface area contributed by atoms with E-state index in [1.807, 2.05) is 0 Å². The summed E-state index contributed by atoms with van der Waals surface area (Å²) >= 11 is 0. The number of amides is 1. The van der Waals surface area contributed by atoms with Crippen LogP contribution in [0.15, 0.2) is 61.2 Å². The van der Waals surface area contributed by atoms with Crippen molar-refractivity contribution in [1.29, 1.82) is 0 Å². The Morgan fingerprint density at radius 1 is 1.08 bits per heavy atom. The third-order valence-corrected chi connectivity index (χ3v) is 3.52. The topological polar surface area (TPSA) is 85.1 Å². The summed E-state index contributed by atoms with van der Waals surface area (Å²) in [5.41, 5.74) is 2.01. The fourth-order valence-electron chi connectivity index (χ4n) is 2.38. The molecule has 0 spiro atoms. The number of fused-ring (bicyclic) bond motifs is 1. The number of nitrogens with one attached hydrogen (secondary N) is 1. The van der Waals surface area contributed by atoms with Gasteiger partial charge in [0.2, 0.25) is 0 Å². The van der Waals surface area contributed by atoms with Gasteiger partial charge >= 0.3 is 0 Å². The normalized spacial score (nSPS) is 10.8. The van der Waals surface area contributed by atoms with Gasteiger partial charge < -0.3 is 5.32 Å². The number of imidazole rings is 1. The quantitative estimate of drug-likeness (QED) is 0.622. The predicted molar refractivity (Wildman–Crippen MR) is 88.4 cm³/mol. The molecule has 4 rings (SSSR count). The Balaban J connectivity index is 1.70. The molecule has 1 amide bonds. The summed E-state index contributed by atoms with van der Waals surface area (Å²) < 4.78 is 15.0. The second-order valence-corrected chi connectivity index (χ2v) is 5.19. The highest BCUT2D eigenvalue weighted by molar-refractivity contribution is 6.02. The summed E-state index contributed by atoms with van der Waals surface area (Å²) in [5, 5.41) is 7.01. The summed E-state index contributed by atoms with van der Waals surface area (Å²) in [4.78, 5) is 24.2. The maximum atomic E-state index is 13.5. The smallest absolute Gasteiger partial charge is 0.277 e. The van der Waals surface area contributed by atoms with Crippen LogP contribution in [0.2, 0.25) is 0 Å². The number of rotatable bonds is 3. The molecule has 0 atom stereocenters. The van der Waals surface area contributed by atoms with Crippen LogP contribution in [-0.4, -0.2) is 30.5 Å². The lowest BCUT2D eigenvalue weighted by Crippen LogP contribution is -2.15. The molecule has 1 N–H and O–H groups in total. The molecule has 1 aromatic carbocycles. The van der Waals surface area contributed by atoms with Crippen LogP contribution < -0.4 is 5.32 Å². The zero-order chi connectivity index (χ0) is 17.2. The van der Waals surface area contributed by atoms with Crippen LogP contribution in [0.4, 0.5) is 10.2 Å². The Morgan fingerprint density at radius 3 is 2.80 bits per heavy atom. The van der Waals surface area contributed by atoms with Gasteiger partial charge in [0.25, 0.3) is 5.91 Å². The molecule has 0 unspecified atom stereocenters. The van der Waals surface area contributed by atoms with Crippen LogP contribution in [0.1, 0.15) is 10.5 Å². The van der Waals surface area contributed by atoms with Gasteiger partial charge in [-0.05, 0) is 24.3 Å². The fourth-order valence-corrected chi connectivity index (χ4v) is 2.38. The Labute approximate surface area is 141 Å². The summed E-state index contributed by atoms with van der Waals surface area (Å²) in [6.45, 7) is 0. The molecule has 8 heteroatoms. The fraction of sp³-hybridized carbons (Fsp3) is 0. The molecular weight excluding hydrogens is 323 g/mol. The minimum atomic E-state index is -0.424. The molecule has 3 aromatic heterocycles. The van der Waals surface area contributed by atoms with Gasteiger partial charge in [0, 0.05) is 18.0 Å². The highest BCUT2D eigenvalue weighted by Crippen LogP contribution is 2.21. The Kier molecular flexibility index (Phi) is 3.62. The number of nitrogens with zero attached hydrogens (tertiary/aromatic N) is 5. The van der Waals surface area contributed by atoms with Crippen molar-refractivity contribution in [2.45, 2.75) is 0 Å². The Morgan fingerprint density at radius 2 is 2.00 bits per heavy atom. The first-order chi connectivity index (χ1) is 12.2. The van der Waals surface area contributed by atoms with Crippen LogP contribution in [-0.2, 0) is 0 Å². The molecule has 0 radical (unpaired) electrons. The molecule has 25 heavy (non-hydrogen) atoms. The van der Waals surface area contributed by atoms with Crippen molar-refractivity contribution in [1.82, 2.24) is 24.6 Å². The number of hydrogen-bond donors (Lipinski definition) is 1. The van der Waals surface area contributed by atoms with Crippen molar-refractivity contribution >= 4 is 17.4 Å². The first-order valence-corrected chi connectivity index (χ1v) is 7.39. The van der Waals surface area contributed by atoms with Crippen LogP contribution in [0, 0.1) is 5.82 Å². The van der Waals surface area contributed by atoms with Crippen molar-refractivity contribution in [3.8, 4) is 11.3 Å². The van der Waals surface area contributed by atoms with Gasteiger partial charge in [0.1, 0.15) is 11.5 Å². The van der Waals surface area contributed by atoms with E-state index < -0.39 is 5.91 Å². The van der Waals surface area contributed by atoms with Gasteiger partial charge in [-0.3, -0.25) is 9.78 Å². The largest absolute Gasteiger partial charge is 0.304 e. The molecule has 0 aliphatic rings. The Hall–Kier alpha value is -3.68. The van der Waals surface area contributed by atoms with E-state index in [0.29, 0.717) is 22.7 Å². The molecule has 0 aliphatic heterocycles. The molecule has 7 nitrogen and oxygen atoms in total. The van der Waals surface area contributed by atoms with Crippen molar-refractivity contribution < 1.29 is 9.18 Å². The van der Waals surface area contributed by atoms with Crippen molar-refractivity contribution in [2.24, 2.45) is 0 Å². The number of carbonyl (C=O) groups excluding carboxylic acids is 1. The summed E-state index contributed by atoms with van der Waals surface area (Å²) in [5.74, 6) is -0.453. The monoisotopic (exact) mass is 334 g/mol. The number of halogens is 1. The maximum Gasteiger partial charge on any atom is 0.277 e. The zero-order valence-electron chi connectivity index (χ0n) is 12.8. The van der Waals surface area contributed by atoms with Gasteiger partial charge in [0.15, 0.2) is 11.5 Å². The molecule has 0 saturated carbocycles. The highest BCUT2D eigenvalue weighted by Gasteiger charge is 2.12. The third kappa shape index (κ3) is 2.92. The second-order valence-electron chi connectivity index (χ2n) is 5.19. The lowest BCUT2D eigenvalue weighted by atomic mass is 10.2. The molecule has 0 bridgehead atoms. The maximum absolute atomic E-state index is 13.5.